The summed E-state index contributed by atoms with van der Waals surface area (Å²) in [5, 5.41) is 4.24. The highest BCUT2D eigenvalue weighted by molar-refractivity contribution is 5.97. The maximum absolute atomic E-state index is 12.0. The Morgan fingerprint density at radius 1 is 1.05 bits per heavy atom. The van der Waals surface area contributed by atoms with E-state index in [0.29, 0.717) is 5.56 Å². The molecule has 2 aromatic carbocycles. The van der Waals surface area contributed by atoms with Crippen molar-refractivity contribution in [1.82, 2.24) is 5.43 Å². The maximum atomic E-state index is 12.0. The number of rotatable bonds is 3. The van der Waals surface area contributed by atoms with E-state index < -0.39 is 0 Å². The first-order valence-corrected chi connectivity index (χ1v) is 6.83. The van der Waals surface area contributed by atoms with Crippen molar-refractivity contribution in [3.63, 3.8) is 0 Å². The van der Waals surface area contributed by atoms with Crippen molar-refractivity contribution in [1.29, 1.82) is 0 Å². The van der Waals surface area contributed by atoms with Gasteiger partial charge in [0.15, 0.2) is 0 Å². The van der Waals surface area contributed by atoms with Gasteiger partial charge in [-0.05, 0) is 35.4 Å². The molecule has 0 bridgehead atoms. The molecule has 1 N–H and O–H groups in total. The lowest BCUT2D eigenvalue weighted by Gasteiger charge is -2.03. The van der Waals surface area contributed by atoms with Gasteiger partial charge in [-0.3, -0.25) is 4.79 Å². The first kappa shape index (κ1) is 13.4. The zero-order chi connectivity index (χ0) is 14.7. The molecule has 0 radical (unpaired) electrons. The monoisotopic (exact) mass is 280 g/mol. The highest BCUT2D eigenvalue weighted by atomic mass is 16.5. The molecule has 0 spiro atoms. The number of benzene rings is 2. The zero-order valence-electron chi connectivity index (χ0n) is 11.8. The third kappa shape index (κ3) is 2.94. The van der Waals surface area contributed by atoms with Gasteiger partial charge in [-0.2, -0.15) is 5.10 Å². The predicted molar refractivity (Wildman–Crippen MR) is 81.7 cm³/mol. The van der Waals surface area contributed by atoms with Gasteiger partial charge in [-0.1, -0.05) is 24.3 Å². The molecular weight excluding hydrogens is 264 g/mol. The van der Waals surface area contributed by atoms with Crippen LogP contribution in [0.15, 0.2) is 53.6 Å². The number of nitrogens with one attached hydrogen (secondary N) is 1. The molecule has 0 saturated carbocycles. The second kappa shape index (κ2) is 5.79. The van der Waals surface area contributed by atoms with Gasteiger partial charge in [0.25, 0.3) is 5.91 Å². The molecule has 1 aliphatic carbocycles. The van der Waals surface area contributed by atoms with E-state index in [1.165, 1.54) is 11.1 Å². The van der Waals surface area contributed by atoms with E-state index in [-0.39, 0.29) is 5.91 Å². The number of carbonyl (C=O) groups excluding carboxylic acids is 1. The number of hydrogen-bond acceptors (Lipinski definition) is 3. The van der Waals surface area contributed by atoms with E-state index in [9.17, 15) is 4.79 Å². The van der Waals surface area contributed by atoms with Crippen LogP contribution < -0.4 is 10.2 Å². The van der Waals surface area contributed by atoms with Gasteiger partial charge >= 0.3 is 0 Å². The summed E-state index contributed by atoms with van der Waals surface area (Å²) < 4.78 is 5.07. The molecule has 0 atom stereocenters. The van der Waals surface area contributed by atoms with Crippen LogP contribution in [0.25, 0.3) is 0 Å². The SMILES string of the molecule is COc1ccc(C(=O)NN=C2Cc3ccccc3C2)cc1. The van der Waals surface area contributed by atoms with Crippen LogP contribution in [0, 0.1) is 0 Å². The first-order valence-electron chi connectivity index (χ1n) is 6.83. The summed E-state index contributed by atoms with van der Waals surface area (Å²) in [6.45, 7) is 0. The summed E-state index contributed by atoms with van der Waals surface area (Å²) in [6, 6.07) is 15.2. The third-order valence-corrected chi connectivity index (χ3v) is 3.58. The second-order valence-electron chi connectivity index (χ2n) is 4.97. The summed E-state index contributed by atoms with van der Waals surface area (Å²) in [5.41, 5.74) is 6.75. The lowest BCUT2D eigenvalue weighted by molar-refractivity contribution is 0.0954. The average Bonchev–Trinajstić information content (AvgIpc) is 2.95. The van der Waals surface area contributed by atoms with E-state index in [4.69, 9.17) is 4.74 Å². The minimum absolute atomic E-state index is 0.207. The fourth-order valence-corrected chi connectivity index (χ4v) is 2.42. The minimum Gasteiger partial charge on any atom is -0.497 e. The zero-order valence-corrected chi connectivity index (χ0v) is 11.8. The smallest absolute Gasteiger partial charge is 0.271 e. The van der Waals surface area contributed by atoms with E-state index in [1.54, 1.807) is 31.4 Å². The van der Waals surface area contributed by atoms with Crippen molar-refractivity contribution < 1.29 is 9.53 Å². The number of amides is 1. The number of fused-ring (bicyclic) bond motifs is 1. The molecule has 2 aromatic rings. The van der Waals surface area contributed by atoms with Gasteiger partial charge in [0.2, 0.25) is 0 Å². The third-order valence-electron chi connectivity index (χ3n) is 3.58. The molecule has 21 heavy (non-hydrogen) atoms. The Kier molecular flexibility index (Phi) is 3.69. The summed E-state index contributed by atoms with van der Waals surface area (Å²) in [6.07, 6.45) is 1.61. The standard InChI is InChI=1S/C17H16N2O2/c1-21-16-8-6-12(7-9-16)17(20)19-18-15-10-13-4-2-3-5-14(13)11-15/h2-9H,10-11H2,1H3,(H,19,20). The van der Waals surface area contributed by atoms with Crippen LogP contribution in [0.5, 0.6) is 5.75 Å². The largest absolute Gasteiger partial charge is 0.497 e. The number of carbonyl (C=O) groups is 1. The van der Waals surface area contributed by atoms with Crippen molar-refractivity contribution in [2.24, 2.45) is 5.10 Å². The van der Waals surface area contributed by atoms with Gasteiger partial charge in [-0.15, -0.1) is 0 Å². The molecule has 1 amide bonds. The molecule has 0 saturated heterocycles. The minimum atomic E-state index is -0.207. The van der Waals surface area contributed by atoms with Crippen LogP contribution in [0.1, 0.15) is 21.5 Å². The Labute approximate surface area is 123 Å². The quantitative estimate of drug-likeness (QED) is 0.879. The van der Waals surface area contributed by atoms with Crippen molar-refractivity contribution in [2.45, 2.75) is 12.8 Å². The molecule has 1 aliphatic rings. The van der Waals surface area contributed by atoms with Crippen LogP contribution in [0.2, 0.25) is 0 Å². The first-order chi connectivity index (χ1) is 10.3. The number of hydrazone groups is 1. The predicted octanol–water partition coefficient (Wildman–Crippen LogP) is 2.58. The lowest BCUT2D eigenvalue weighted by atomic mass is 10.1. The molecular formula is C17H16N2O2. The molecule has 0 fully saturated rings. The Hall–Kier alpha value is -2.62. The Bertz CT molecular complexity index is 663. The van der Waals surface area contributed by atoms with Crippen LogP contribution >= 0.6 is 0 Å². The second-order valence-corrected chi connectivity index (χ2v) is 4.97. The summed E-state index contributed by atoms with van der Waals surface area (Å²) in [7, 11) is 1.60. The summed E-state index contributed by atoms with van der Waals surface area (Å²) in [4.78, 5) is 12.0. The van der Waals surface area contributed by atoms with Gasteiger partial charge < -0.3 is 4.74 Å². The number of nitrogens with zero attached hydrogens (tertiary/aromatic N) is 1. The van der Waals surface area contributed by atoms with Crippen LogP contribution in [0.3, 0.4) is 0 Å². The van der Waals surface area contributed by atoms with Crippen molar-refractivity contribution >= 4 is 11.6 Å². The van der Waals surface area contributed by atoms with E-state index in [2.05, 4.69) is 22.7 Å². The number of ether oxygens (including phenoxy) is 1. The summed E-state index contributed by atoms with van der Waals surface area (Å²) in [5.74, 6) is 0.519. The average molecular weight is 280 g/mol. The molecule has 4 nitrogen and oxygen atoms in total. The summed E-state index contributed by atoms with van der Waals surface area (Å²) >= 11 is 0. The normalized spacial score (nSPS) is 12.7. The fraction of sp³-hybridized carbons (Fsp3) is 0.176. The molecule has 0 aromatic heterocycles. The highest BCUT2D eigenvalue weighted by Gasteiger charge is 2.16. The molecule has 0 aliphatic heterocycles. The van der Waals surface area contributed by atoms with Crippen LogP contribution in [-0.2, 0) is 12.8 Å². The Morgan fingerprint density at radius 3 is 2.24 bits per heavy atom. The fourth-order valence-electron chi connectivity index (χ4n) is 2.42. The maximum Gasteiger partial charge on any atom is 0.271 e. The molecule has 0 unspecified atom stereocenters. The lowest BCUT2D eigenvalue weighted by Crippen LogP contribution is -2.19. The van der Waals surface area contributed by atoms with E-state index in [1.807, 2.05) is 12.1 Å². The van der Waals surface area contributed by atoms with E-state index in [0.717, 1.165) is 24.3 Å². The molecule has 3 rings (SSSR count). The highest BCUT2D eigenvalue weighted by Crippen LogP contribution is 2.19. The van der Waals surface area contributed by atoms with Crippen molar-refractivity contribution in [3.05, 3.63) is 65.2 Å². The van der Waals surface area contributed by atoms with Gasteiger partial charge in [-0.25, -0.2) is 5.43 Å². The molecule has 4 heteroatoms. The Balaban J connectivity index is 1.65. The topological polar surface area (TPSA) is 50.7 Å². The van der Waals surface area contributed by atoms with Gasteiger partial charge in [0.05, 0.1) is 7.11 Å². The molecule has 106 valence electrons. The van der Waals surface area contributed by atoms with Gasteiger partial charge in [0.1, 0.15) is 5.75 Å². The van der Waals surface area contributed by atoms with Crippen LogP contribution in [0.4, 0.5) is 0 Å². The molecule has 0 heterocycles. The number of hydrogen-bond donors (Lipinski definition) is 1. The van der Waals surface area contributed by atoms with E-state index >= 15 is 0 Å². The Morgan fingerprint density at radius 2 is 1.67 bits per heavy atom. The van der Waals surface area contributed by atoms with Gasteiger partial charge in [0, 0.05) is 24.1 Å². The number of methoxy groups -OCH3 is 1. The van der Waals surface area contributed by atoms with Crippen molar-refractivity contribution in [3.8, 4) is 5.75 Å². The van der Waals surface area contributed by atoms with Crippen LogP contribution in [-0.4, -0.2) is 18.7 Å². The van der Waals surface area contributed by atoms with Crippen molar-refractivity contribution in [2.75, 3.05) is 7.11 Å².